The van der Waals surface area contributed by atoms with Crippen LogP contribution in [0.15, 0.2) is 148 Å². The number of aliphatic imine (C=N–C) groups is 2. The summed E-state index contributed by atoms with van der Waals surface area (Å²) in [6.45, 7) is 0. The Balaban J connectivity index is 1.31. The maximum atomic E-state index is 6.18. The van der Waals surface area contributed by atoms with Gasteiger partial charge in [0.1, 0.15) is 17.6 Å². The first kappa shape index (κ1) is 23.9. The molecule has 0 spiro atoms. The van der Waals surface area contributed by atoms with Crippen LogP contribution in [-0.4, -0.2) is 16.7 Å². The van der Waals surface area contributed by atoms with Crippen molar-refractivity contribution in [3.8, 4) is 0 Å². The fraction of sp³-hybridized carbons (Fsp3) is 0.0263. The van der Waals surface area contributed by atoms with Gasteiger partial charge in [0.25, 0.3) is 0 Å². The van der Waals surface area contributed by atoms with Crippen LogP contribution in [0.1, 0.15) is 22.9 Å². The number of rotatable bonds is 3. The molecule has 9 rings (SSSR count). The van der Waals surface area contributed by atoms with Crippen molar-refractivity contribution in [2.24, 2.45) is 9.98 Å². The van der Waals surface area contributed by atoms with E-state index in [1.165, 1.54) is 26.9 Å². The fourth-order valence-electron chi connectivity index (χ4n) is 6.39. The van der Waals surface area contributed by atoms with E-state index in [9.17, 15) is 0 Å². The molecular formula is C38H24N4O. The second-order valence-electron chi connectivity index (χ2n) is 10.9. The van der Waals surface area contributed by atoms with Gasteiger partial charge in [-0.15, -0.1) is 0 Å². The van der Waals surface area contributed by atoms with Crippen LogP contribution in [0.3, 0.4) is 0 Å². The van der Waals surface area contributed by atoms with Gasteiger partial charge in [0, 0.05) is 33.7 Å². The molecule has 1 atom stereocenters. The molecular weight excluding hydrogens is 528 g/mol. The number of fused-ring (bicyclic) bond motifs is 7. The van der Waals surface area contributed by atoms with Crippen LogP contribution in [-0.2, 0) is 0 Å². The van der Waals surface area contributed by atoms with Crippen molar-refractivity contribution < 1.29 is 4.42 Å². The van der Waals surface area contributed by atoms with Gasteiger partial charge in [-0.25, -0.2) is 9.98 Å². The molecule has 0 saturated carbocycles. The lowest BCUT2D eigenvalue weighted by atomic mass is 9.95. The second kappa shape index (κ2) is 9.36. The van der Waals surface area contributed by atoms with Gasteiger partial charge in [-0.3, -0.25) is 4.98 Å². The van der Waals surface area contributed by atoms with E-state index >= 15 is 0 Å². The van der Waals surface area contributed by atoms with Gasteiger partial charge in [-0.05, 0) is 56.6 Å². The van der Waals surface area contributed by atoms with E-state index in [4.69, 9.17) is 14.4 Å². The Morgan fingerprint density at radius 2 is 1.40 bits per heavy atom. The summed E-state index contributed by atoms with van der Waals surface area (Å²) < 4.78 is 6.18. The molecule has 0 bridgehead atoms. The van der Waals surface area contributed by atoms with Crippen molar-refractivity contribution in [3.63, 3.8) is 0 Å². The summed E-state index contributed by atoms with van der Waals surface area (Å²) in [5, 5.41) is 12.8. The summed E-state index contributed by atoms with van der Waals surface area (Å²) in [7, 11) is 0. The monoisotopic (exact) mass is 552 g/mol. The third kappa shape index (κ3) is 3.82. The quantitative estimate of drug-likeness (QED) is 0.223. The number of aromatic nitrogens is 1. The van der Waals surface area contributed by atoms with E-state index in [-0.39, 0.29) is 6.17 Å². The maximum absolute atomic E-state index is 6.18. The van der Waals surface area contributed by atoms with Gasteiger partial charge >= 0.3 is 0 Å². The van der Waals surface area contributed by atoms with E-state index in [2.05, 4.69) is 113 Å². The lowest BCUT2D eigenvalue weighted by Gasteiger charge is -2.25. The van der Waals surface area contributed by atoms with Crippen LogP contribution in [0, 0.1) is 0 Å². The molecule has 1 aliphatic heterocycles. The van der Waals surface area contributed by atoms with Crippen LogP contribution < -0.4 is 5.32 Å². The van der Waals surface area contributed by atoms with Crippen molar-refractivity contribution >= 4 is 65.9 Å². The summed E-state index contributed by atoms with van der Waals surface area (Å²) in [6.07, 6.45) is 3.20. The first-order chi connectivity index (χ1) is 21.3. The van der Waals surface area contributed by atoms with E-state index in [1.807, 2.05) is 18.2 Å². The van der Waals surface area contributed by atoms with Crippen LogP contribution in [0.4, 0.5) is 0 Å². The third-order valence-corrected chi connectivity index (χ3v) is 8.40. The molecule has 6 aromatic carbocycles. The Hall–Kier alpha value is -5.81. The van der Waals surface area contributed by atoms with Crippen LogP contribution in [0.5, 0.6) is 0 Å². The van der Waals surface area contributed by atoms with Crippen molar-refractivity contribution in [1.82, 2.24) is 10.3 Å². The Labute approximate surface area is 246 Å². The molecule has 5 heteroatoms. The molecule has 8 aromatic rings. The largest absolute Gasteiger partial charge is 0.454 e. The Morgan fingerprint density at radius 1 is 0.605 bits per heavy atom. The number of nitrogens with one attached hydrogen (secondary N) is 1. The summed E-state index contributed by atoms with van der Waals surface area (Å²) in [5.41, 5.74) is 4.58. The molecule has 0 amide bonds. The van der Waals surface area contributed by atoms with Crippen molar-refractivity contribution in [3.05, 3.63) is 150 Å². The summed E-state index contributed by atoms with van der Waals surface area (Å²) in [4.78, 5) is 14.8. The molecule has 2 aromatic heterocycles. The van der Waals surface area contributed by atoms with Gasteiger partial charge < -0.3 is 9.73 Å². The molecule has 0 saturated heterocycles. The highest BCUT2D eigenvalue weighted by Gasteiger charge is 2.25. The van der Waals surface area contributed by atoms with Crippen LogP contribution in [0.25, 0.3) is 54.3 Å². The van der Waals surface area contributed by atoms with Gasteiger partial charge in [-0.2, -0.15) is 0 Å². The molecule has 3 heterocycles. The number of nitrogens with zero attached hydrogens (tertiary/aromatic N) is 3. The Morgan fingerprint density at radius 3 is 2.30 bits per heavy atom. The zero-order valence-corrected chi connectivity index (χ0v) is 23.0. The van der Waals surface area contributed by atoms with Crippen LogP contribution in [0.2, 0.25) is 0 Å². The minimum absolute atomic E-state index is 0.362. The number of pyridine rings is 1. The van der Waals surface area contributed by atoms with Crippen LogP contribution >= 0.6 is 0 Å². The average Bonchev–Trinajstić information content (AvgIpc) is 3.46. The average molecular weight is 553 g/mol. The third-order valence-electron chi connectivity index (χ3n) is 8.40. The normalized spacial score (nSPS) is 15.2. The van der Waals surface area contributed by atoms with Gasteiger partial charge in [0.15, 0.2) is 11.4 Å². The number of amidine groups is 2. The standard InChI is InChI=1S/C38H24N4O/c1-2-9-24-20-26(17-16-23(24)8-1)36-40-37(31-14-7-15-33-35(31)30-18-19-39-22-34(30)43-33)42-38(41-36)32-21-25-10-3-4-11-27(25)28-12-5-6-13-29(28)32/h1-22,38H,(H,40,41,42). The lowest BCUT2D eigenvalue weighted by molar-refractivity contribution is 0.666. The molecule has 1 aliphatic rings. The van der Waals surface area contributed by atoms with Crippen molar-refractivity contribution in [2.45, 2.75) is 6.17 Å². The maximum Gasteiger partial charge on any atom is 0.160 e. The molecule has 43 heavy (non-hydrogen) atoms. The molecule has 5 nitrogen and oxygen atoms in total. The highest BCUT2D eigenvalue weighted by Crippen LogP contribution is 2.36. The highest BCUT2D eigenvalue weighted by atomic mass is 16.3. The fourth-order valence-corrected chi connectivity index (χ4v) is 6.39. The topological polar surface area (TPSA) is 62.8 Å². The predicted molar refractivity (Wildman–Crippen MR) is 176 cm³/mol. The molecule has 0 fully saturated rings. The first-order valence-electron chi connectivity index (χ1n) is 14.4. The molecule has 202 valence electrons. The Bertz CT molecular complexity index is 2450. The molecule has 0 radical (unpaired) electrons. The molecule has 1 unspecified atom stereocenters. The number of benzene rings is 6. The lowest BCUT2D eigenvalue weighted by Crippen LogP contribution is -2.33. The summed E-state index contributed by atoms with van der Waals surface area (Å²) >= 11 is 0. The van der Waals surface area contributed by atoms with Gasteiger partial charge in [0.05, 0.1) is 6.20 Å². The predicted octanol–water partition coefficient (Wildman–Crippen LogP) is 8.94. The molecule has 1 N–H and O–H groups in total. The highest BCUT2D eigenvalue weighted by molar-refractivity contribution is 6.22. The van der Waals surface area contributed by atoms with Gasteiger partial charge in [0.2, 0.25) is 0 Å². The van der Waals surface area contributed by atoms with E-state index in [0.717, 1.165) is 49.9 Å². The minimum atomic E-state index is -0.362. The SMILES string of the molecule is c1ccc2cc(C3=NC(c4cccc5oc6cnccc6c45)=NC(c4cc5ccccc5c5ccccc45)N3)ccc2c1. The number of hydrogen-bond donors (Lipinski definition) is 1. The molecule has 0 aliphatic carbocycles. The van der Waals surface area contributed by atoms with Crippen molar-refractivity contribution in [2.75, 3.05) is 0 Å². The van der Waals surface area contributed by atoms with E-state index < -0.39 is 0 Å². The van der Waals surface area contributed by atoms with Gasteiger partial charge in [-0.1, -0.05) is 97.1 Å². The second-order valence-corrected chi connectivity index (χ2v) is 10.9. The zero-order chi connectivity index (χ0) is 28.3. The smallest absolute Gasteiger partial charge is 0.160 e. The zero-order valence-electron chi connectivity index (χ0n) is 23.0. The summed E-state index contributed by atoms with van der Waals surface area (Å²) in [5.74, 6) is 1.44. The van der Waals surface area contributed by atoms with E-state index in [0.29, 0.717) is 5.84 Å². The number of furan rings is 1. The minimum Gasteiger partial charge on any atom is -0.454 e. The Kier molecular flexibility index (Phi) is 5.19. The first-order valence-corrected chi connectivity index (χ1v) is 14.4. The number of hydrogen-bond acceptors (Lipinski definition) is 5. The van der Waals surface area contributed by atoms with Crippen molar-refractivity contribution in [1.29, 1.82) is 0 Å². The van der Waals surface area contributed by atoms with E-state index in [1.54, 1.807) is 12.4 Å². The summed E-state index contributed by atoms with van der Waals surface area (Å²) in [6, 6.07) is 42.3.